The van der Waals surface area contributed by atoms with Crippen molar-refractivity contribution in [1.82, 2.24) is 0 Å². The van der Waals surface area contributed by atoms with Crippen molar-refractivity contribution in [2.24, 2.45) is 0 Å². The van der Waals surface area contributed by atoms with Gasteiger partial charge in [0, 0.05) is 6.07 Å². The number of anilines is 1. The van der Waals surface area contributed by atoms with Crippen molar-refractivity contribution in [2.75, 3.05) is 11.5 Å². The van der Waals surface area contributed by atoms with E-state index in [1.54, 1.807) is 0 Å². The summed E-state index contributed by atoms with van der Waals surface area (Å²) in [6, 6.07) is 4.75. The number of nitrogens with zero attached hydrogens (tertiary/aromatic N) is 1. The number of ether oxygens (including phenoxy) is 1. The van der Waals surface area contributed by atoms with E-state index < -0.39 is 18.1 Å². The number of hydrogen-bond acceptors (Lipinski definition) is 4. The summed E-state index contributed by atoms with van der Waals surface area (Å²) in [5, 5.41) is 18.2. The monoisotopic (exact) mass is 223 g/mol. The van der Waals surface area contributed by atoms with E-state index in [0.29, 0.717) is 5.69 Å². The summed E-state index contributed by atoms with van der Waals surface area (Å²) in [7, 11) is 0. The molecule has 1 aromatic rings. The predicted octanol–water partition coefficient (Wildman–Crippen LogP) is 0.802. The third-order valence-electron chi connectivity index (χ3n) is 2.27. The third-order valence-corrected chi connectivity index (χ3v) is 2.27. The van der Waals surface area contributed by atoms with Gasteiger partial charge in [0.1, 0.15) is 12.4 Å². The Hall–Kier alpha value is -2.24. The molecule has 0 aromatic heterocycles. The van der Waals surface area contributed by atoms with Crippen LogP contribution in [-0.2, 0) is 9.53 Å². The van der Waals surface area contributed by atoms with Gasteiger partial charge in [-0.15, -0.1) is 0 Å². The molecule has 1 aliphatic heterocycles. The second-order valence-electron chi connectivity index (χ2n) is 3.32. The van der Waals surface area contributed by atoms with Crippen LogP contribution < -0.4 is 4.90 Å². The molecule has 0 radical (unpaired) electrons. The van der Waals surface area contributed by atoms with Crippen LogP contribution >= 0.6 is 0 Å². The van der Waals surface area contributed by atoms with Crippen molar-refractivity contribution in [3.63, 3.8) is 0 Å². The van der Waals surface area contributed by atoms with Crippen molar-refractivity contribution in [3.8, 4) is 5.75 Å². The van der Waals surface area contributed by atoms with E-state index in [-0.39, 0.29) is 12.4 Å². The lowest BCUT2D eigenvalue weighted by Gasteiger charge is -2.17. The van der Waals surface area contributed by atoms with E-state index in [4.69, 9.17) is 5.11 Å². The molecule has 16 heavy (non-hydrogen) atoms. The lowest BCUT2D eigenvalue weighted by Crippen LogP contribution is -2.39. The van der Waals surface area contributed by atoms with Crippen LogP contribution in [0.4, 0.5) is 10.5 Å². The molecule has 6 nitrogen and oxygen atoms in total. The highest BCUT2D eigenvalue weighted by atomic mass is 16.6. The SMILES string of the molecule is O=C(O)C1COC(=O)N1c1cccc(O)c1. The fourth-order valence-corrected chi connectivity index (χ4v) is 1.53. The van der Waals surface area contributed by atoms with Crippen LogP contribution in [-0.4, -0.2) is 34.9 Å². The maximum atomic E-state index is 11.4. The molecule has 1 unspecified atom stereocenters. The summed E-state index contributed by atoms with van der Waals surface area (Å²) in [6.45, 7) is -0.191. The quantitative estimate of drug-likeness (QED) is 0.774. The first kappa shape index (κ1) is 10.3. The first-order chi connectivity index (χ1) is 7.59. The molecular formula is C10H9NO5. The molecule has 1 aromatic carbocycles. The van der Waals surface area contributed by atoms with Gasteiger partial charge in [-0.25, -0.2) is 9.59 Å². The first-order valence-electron chi connectivity index (χ1n) is 4.57. The van der Waals surface area contributed by atoms with Crippen molar-refractivity contribution < 1.29 is 24.5 Å². The minimum atomic E-state index is -1.14. The first-order valence-corrected chi connectivity index (χ1v) is 4.57. The van der Waals surface area contributed by atoms with Crippen molar-refractivity contribution in [2.45, 2.75) is 6.04 Å². The van der Waals surface area contributed by atoms with Gasteiger partial charge in [0.25, 0.3) is 0 Å². The second-order valence-corrected chi connectivity index (χ2v) is 3.32. The summed E-state index contributed by atoms with van der Waals surface area (Å²) in [5.41, 5.74) is 0.301. The maximum Gasteiger partial charge on any atom is 0.415 e. The fraction of sp³-hybridized carbons (Fsp3) is 0.200. The molecule has 0 aliphatic carbocycles. The lowest BCUT2D eigenvalue weighted by atomic mass is 10.2. The van der Waals surface area contributed by atoms with E-state index in [1.165, 1.54) is 24.3 Å². The van der Waals surface area contributed by atoms with Gasteiger partial charge in [-0.2, -0.15) is 0 Å². The number of cyclic esters (lactones) is 1. The van der Waals surface area contributed by atoms with E-state index >= 15 is 0 Å². The van der Waals surface area contributed by atoms with Gasteiger partial charge in [-0.05, 0) is 12.1 Å². The Morgan fingerprint density at radius 2 is 2.25 bits per heavy atom. The van der Waals surface area contributed by atoms with Gasteiger partial charge >= 0.3 is 12.1 Å². The van der Waals surface area contributed by atoms with E-state index in [9.17, 15) is 14.7 Å². The van der Waals surface area contributed by atoms with Crippen LogP contribution in [0.25, 0.3) is 0 Å². The second kappa shape index (κ2) is 3.73. The number of aromatic hydroxyl groups is 1. The molecule has 2 rings (SSSR count). The van der Waals surface area contributed by atoms with Crippen molar-refractivity contribution in [3.05, 3.63) is 24.3 Å². The number of carbonyl (C=O) groups excluding carboxylic acids is 1. The lowest BCUT2D eigenvalue weighted by molar-refractivity contribution is -0.138. The van der Waals surface area contributed by atoms with E-state index in [2.05, 4.69) is 4.74 Å². The summed E-state index contributed by atoms with van der Waals surface area (Å²) in [4.78, 5) is 23.2. The zero-order valence-electron chi connectivity index (χ0n) is 8.16. The average Bonchev–Trinajstić information content (AvgIpc) is 2.60. The largest absolute Gasteiger partial charge is 0.508 e. The van der Waals surface area contributed by atoms with Crippen LogP contribution in [0.5, 0.6) is 5.75 Å². The summed E-state index contributed by atoms with van der Waals surface area (Å²) in [6.07, 6.45) is -0.724. The maximum absolute atomic E-state index is 11.4. The number of carboxylic acid groups (broad SMARTS) is 1. The van der Waals surface area contributed by atoms with Gasteiger partial charge in [0.2, 0.25) is 0 Å². The molecule has 0 saturated carbocycles. The van der Waals surface area contributed by atoms with Crippen LogP contribution in [0.15, 0.2) is 24.3 Å². The Morgan fingerprint density at radius 1 is 1.50 bits per heavy atom. The Kier molecular flexibility index (Phi) is 2.40. The van der Waals surface area contributed by atoms with Gasteiger partial charge < -0.3 is 14.9 Å². The Balaban J connectivity index is 2.37. The number of phenols is 1. The normalized spacial score (nSPS) is 19.6. The van der Waals surface area contributed by atoms with Crippen LogP contribution in [0.2, 0.25) is 0 Å². The molecule has 1 fully saturated rings. The number of phenolic OH excluding ortho intramolecular Hbond substituents is 1. The highest BCUT2D eigenvalue weighted by molar-refractivity contribution is 5.97. The highest BCUT2D eigenvalue weighted by Crippen LogP contribution is 2.26. The van der Waals surface area contributed by atoms with Gasteiger partial charge in [-0.3, -0.25) is 4.90 Å². The molecule has 2 N–H and O–H groups in total. The Labute approximate surface area is 90.7 Å². The highest BCUT2D eigenvalue weighted by Gasteiger charge is 2.39. The molecule has 1 heterocycles. The number of rotatable bonds is 2. The minimum absolute atomic E-state index is 0.0404. The zero-order chi connectivity index (χ0) is 11.7. The number of hydrogen-bond donors (Lipinski definition) is 2. The molecule has 1 atom stereocenters. The Bertz CT molecular complexity index is 445. The predicted molar refractivity (Wildman–Crippen MR) is 53.4 cm³/mol. The number of amides is 1. The van der Waals surface area contributed by atoms with Crippen LogP contribution in [0.3, 0.4) is 0 Å². The fourth-order valence-electron chi connectivity index (χ4n) is 1.53. The third kappa shape index (κ3) is 1.65. The standard InChI is InChI=1S/C10H9NO5/c12-7-3-1-2-6(4-7)11-8(9(13)14)5-16-10(11)15/h1-4,8,12H,5H2,(H,13,14). The average molecular weight is 223 g/mol. The smallest absolute Gasteiger partial charge is 0.415 e. The Morgan fingerprint density at radius 3 is 2.88 bits per heavy atom. The summed E-state index contributed by atoms with van der Waals surface area (Å²) < 4.78 is 4.66. The number of benzene rings is 1. The van der Waals surface area contributed by atoms with Crippen molar-refractivity contribution in [1.29, 1.82) is 0 Å². The molecular weight excluding hydrogens is 214 g/mol. The molecule has 0 bridgehead atoms. The van der Waals surface area contributed by atoms with E-state index in [1.807, 2.05) is 0 Å². The van der Waals surface area contributed by atoms with Gasteiger partial charge in [0.15, 0.2) is 6.04 Å². The van der Waals surface area contributed by atoms with Crippen molar-refractivity contribution >= 4 is 17.7 Å². The zero-order valence-corrected chi connectivity index (χ0v) is 8.16. The molecule has 1 amide bonds. The summed E-state index contributed by atoms with van der Waals surface area (Å²) in [5.74, 6) is -1.18. The topological polar surface area (TPSA) is 87.1 Å². The molecule has 84 valence electrons. The number of carboxylic acids is 1. The van der Waals surface area contributed by atoms with Crippen LogP contribution in [0.1, 0.15) is 0 Å². The van der Waals surface area contributed by atoms with Gasteiger partial charge in [-0.1, -0.05) is 6.07 Å². The van der Waals surface area contributed by atoms with E-state index in [0.717, 1.165) is 4.90 Å². The molecule has 1 aliphatic rings. The molecule has 6 heteroatoms. The number of aliphatic carboxylic acids is 1. The van der Waals surface area contributed by atoms with Gasteiger partial charge in [0.05, 0.1) is 5.69 Å². The number of carbonyl (C=O) groups is 2. The molecule has 0 spiro atoms. The minimum Gasteiger partial charge on any atom is -0.508 e. The van der Waals surface area contributed by atoms with Crippen LogP contribution in [0, 0.1) is 0 Å². The summed E-state index contributed by atoms with van der Waals surface area (Å²) >= 11 is 0. The molecule has 1 saturated heterocycles.